The molecule has 1 aromatic carbocycles. The molecule has 0 saturated carbocycles. The van der Waals surface area contributed by atoms with Crippen LogP contribution >= 0.6 is 15.9 Å². The topological polar surface area (TPSA) is 68.1 Å². The van der Waals surface area contributed by atoms with Crippen LogP contribution in [0.1, 0.15) is 36.7 Å². The Morgan fingerprint density at radius 1 is 1.16 bits per heavy atom. The van der Waals surface area contributed by atoms with Crippen molar-refractivity contribution in [3.63, 3.8) is 0 Å². The van der Waals surface area contributed by atoms with Gasteiger partial charge >= 0.3 is 12.1 Å². The molecule has 2 rings (SSSR count). The number of esters is 1. The normalized spacial score (nSPS) is 20.7. The third kappa shape index (κ3) is 3.81. The fraction of sp³-hybridized carbons (Fsp3) is 0.375. The lowest BCUT2D eigenvalue weighted by Crippen LogP contribution is -2.48. The number of hydrogen-bond acceptors (Lipinski definition) is 4. The molecule has 0 N–H and O–H groups in total. The highest BCUT2D eigenvalue weighted by Gasteiger charge is 2.62. The monoisotopic (exact) mass is 418 g/mol. The van der Waals surface area contributed by atoms with Gasteiger partial charge in [0.2, 0.25) is 0 Å². The molecule has 1 aromatic rings. The van der Waals surface area contributed by atoms with Crippen LogP contribution in [0, 0.1) is 0 Å². The first-order valence-corrected chi connectivity index (χ1v) is 7.89. The second-order valence-corrected chi connectivity index (χ2v) is 7.22. The summed E-state index contributed by atoms with van der Waals surface area (Å²) < 4.78 is 46.5. The van der Waals surface area contributed by atoms with Gasteiger partial charge in [0.15, 0.2) is 0 Å². The smallest absolute Gasteiger partial charge is 0.427 e. The quantitative estimate of drug-likeness (QED) is 0.685. The Kier molecular flexibility index (Phi) is 4.91. The SMILES string of the molecule is CC(C)(C)OC(=O)c1cc(Br)cc(C2(C(F)(F)F)N=CC=NC2=O)c1. The number of ether oxygens (including phenoxy) is 1. The predicted octanol–water partition coefficient (Wildman–Crippen LogP) is 3.84. The summed E-state index contributed by atoms with van der Waals surface area (Å²) in [6, 6.07) is 3.34. The fourth-order valence-corrected chi connectivity index (χ4v) is 2.70. The summed E-state index contributed by atoms with van der Waals surface area (Å²) >= 11 is 3.06. The minimum absolute atomic E-state index is 0.138. The summed E-state index contributed by atoms with van der Waals surface area (Å²) in [4.78, 5) is 30.8. The highest BCUT2D eigenvalue weighted by atomic mass is 79.9. The van der Waals surface area contributed by atoms with Crippen molar-refractivity contribution in [1.82, 2.24) is 0 Å². The first-order chi connectivity index (χ1) is 11.4. The predicted molar refractivity (Wildman–Crippen MR) is 89.0 cm³/mol. The van der Waals surface area contributed by atoms with E-state index >= 15 is 0 Å². The van der Waals surface area contributed by atoms with Crippen LogP contribution in [0.4, 0.5) is 13.2 Å². The van der Waals surface area contributed by atoms with E-state index in [2.05, 4.69) is 25.9 Å². The highest BCUT2D eigenvalue weighted by Crippen LogP contribution is 2.45. The van der Waals surface area contributed by atoms with Crippen LogP contribution in [0.3, 0.4) is 0 Å². The number of hydrogen-bond donors (Lipinski definition) is 0. The van der Waals surface area contributed by atoms with Gasteiger partial charge in [-0.2, -0.15) is 13.2 Å². The molecule has 134 valence electrons. The number of carbonyl (C=O) groups is 2. The Morgan fingerprint density at radius 2 is 1.80 bits per heavy atom. The zero-order valence-corrected chi connectivity index (χ0v) is 15.1. The minimum Gasteiger partial charge on any atom is -0.456 e. The largest absolute Gasteiger partial charge is 0.456 e. The molecule has 1 unspecified atom stereocenters. The number of halogens is 4. The molecule has 1 aliphatic rings. The third-order valence-corrected chi connectivity index (χ3v) is 3.65. The summed E-state index contributed by atoms with van der Waals surface area (Å²) in [5, 5.41) is 0. The maximum atomic E-state index is 13.7. The van der Waals surface area contributed by atoms with Crippen LogP contribution in [0.2, 0.25) is 0 Å². The average Bonchev–Trinajstić information content (AvgIpc) is 2.44. The number of benzene rings is 1. The van der Waals surface area contributed by atoms with Gasteiger partial charge in [-0.1, -0.05) is 15.9 Å². The molecule has 1 amide bonds. The highest BCUT2D eigenvalue weighted by molar-refractivity contribution is 9.10. The van der Waals surface area contributed by atoms with Crippen molar-refractivity contribution in [3.8, 4) is 0 Å². The second kappa shape index (κ2) is 6.36. The Balaban J connectivity index is 2.62. The zero-order chi connectivity index (χ0) is 19.0. The molecule has 0 saturated heterocycles. The molecule has 0 radical (unpaired) electrons. The summed E-state index contributed by atoms with van der Waals surface area (Å²) in [6.07, 6.45) is -3.34. The van der Waals surface area contributed by atoms with Gasteiger partial charge < -0.3 is 4.74 Å². The van der Waals surface area contributed by atoms with E-state index in [9.17, 15) is 22.8 Å². The van der Waals surface area contributed by atoms with Gasteiger partial charge in [0.25, 0.3) is 11.4 Å². The molecule has 1 aliphatic heterocycles. The summed E-state index contributed by atoms with van der Waals surface area (Å²) in [7, 11) is 0. The van der Waals surface area contributed by atoms with Crippen LogP contribution in [0.5, 0.6) is 0 Å². The van der Waals surface area contributed by atoms with Gasteiger partial charge in [0.1, 0.15) is 5.60 Å². The molecule has 25 heavy (non-hydrogen) atoms. The van der Waals surface area contributed by atoms with Crippen LogP contribution in [0.25, 0.3) is 0 Å². The molecular weight excluding hydrogens is 405 g/mol. The van der Waals surface area contributed by atoms with Gasteiger partial charge in [0, 0.05) is 22.5 Å². The van der Waals surface area contributed by atoms with Crippen LogP contribution in [-0.2, 0) is 15.1 Å². The zero-order valence-electron chi connectivity index (χ0n) is 13.5. The van der Waals surface area contributed by atoms with Gasteiger partial charge in [-0.25, -0.2) is 9.79 Å². The summed E-state index contributed by atoms with van der Waals surface area (Å²) in [5.74, 6) is -2.29. The maximum absolute atomic E-state index is 13.7. The van der Waals surface area contributed by atoms with Crippen LogP contribution < -0.4 is 0 Å². The van der Waals surface area contributed by atoms with Gasteiger partial charge in [-0.05, 0) is 39.0 Å². The Morgan fingerprint density at radius 3 is 2.32 bits per heavy atom. The van der Waals surface area contributed by atoms with Crippen molar-refractivity contribution in [2.45, 2.75) is 38.1 Å². The van der Waals surface area contributed by atoms with E-state index in [1.807, 2.05) is 0 Å². The minimum atomic E-state index is -5.04. The first kappa shape index (κ1) is 19.3. The molecule has 0 spiro atoms. The van der Waals surface area contributed by atoms with E-state index in [4.69, 9.17) is 4.74 Å². The maximum Gasteiger partial charge on any atom is 0.427 e. The van der Waals surface area contributed by atoms with Crippen molar-refractivity contribution >= 4 is 40.2 Å². The molecule has 1 heterocycles. The van der Waals surface area contributed by atoms with Crippen molar-refractivity contribution < 1.29 is 27.5 Å². The van der Waals surface area contributed by atoms with Crippen molar-refractivity contribution in [2.24, 2.45) is 9.98 Å². The molecular formula is C16H14BrF3N2O3. The molecule has 0 bridgehead atoms. The number of carbonyl (C=O) groups excluding carboxylic acids is 2. The van der Waals surface area contributed by atoms with Crippen molar-refractivity contribution in [2.75, 3.05) is 0 Å². The van der Waals surface area contributed by atoms with Crippen LogP contribution in [0.15, 0.2) is 32.7 Å². The van der Waals surface area contributed by atoms with E-state index in [1.165, 1.54) is 6.07 Å². The molecule has 0 fully saturated rings. The Labute approximate surface area is 150 Å². The van der Waals surface area contributed by atoms with Crippen molar-refractivity contribution in [3.05, 3.63) is 33.8 Å². The lowest BCUT2D eigenvalue weighted by Gasteiger charge is -2.30. The number of nitrogens with zero attached hydrogens (tertiary/aromatic N) is 2. The van der Waals surface area contributed by atoms with E-state index in [-0.39, 0.29) is 10.0 Å². The van der Waals surface area contributed by atoms with Gasteiger partial charge in [-0.15, -0.1) is 0 Å². The van der Waals surface area contributed by atoms with Crippen LogP contribution in [-0.4, -0.2) is 36.1 Å². The Bertz CT molecular complexity index is 782. The third-order valence-electron chi connectivity index (χ3n) is 3.20. The van der Waals surface area contributed by atoms with Gasteiger partial charge in [-0.3, -0.25) is 9.79 Å². The second-order valence-electron chi connectivity index (χ2n) is 6.30. The lowest BCUT2D eigenvalue weighted by molar-refractivity contribution is -0.191. The van der Waals surface area contributed by atoms with E-state index < -0.39 is 34.8 Å². The molecule has 0 aromatic heterocycles. The van der Waals surface area contributed by atoms with E-state index in [0.717, 1.165) is 24.6 Å². The average molecular weight is 419 g/mol. The van der Waals surface area contributed by atoms with E-state index in [1.54, 1.807) is 20.8 Å². The number of rotatable bonds is 2. The standard InChI is InChI=1S/C16H14BrF3N2O3/c1-14(2,3)25-12(23)9-6-10(8-11(17)7-9)15(16(18,19)20)13(24)21-4-5-22-15/h4-8H,1-3H3. The fourth-order valence-electron chi connectivity index (χ4n) is 2.20. The number of aliphatic imine (C=N–C) groups is 2. The lowest BCUT2D eigenvalue weighted by atomic mass is 9.87. The molecule has 5 nitrogen and oxygen atoms in total. The summed E-state index contributed by atoms with van der Waals surface area (Å²) in [6.45, 7) is 4.89. The molecule has 1 atom stereocenters. The first-order valence-electron chi connectivity index (χ1n) is 7.10. The number of amides is 1. The Hall–Kier alpha value is -2.03. The number of alkyl halides is 3. The van der Waals surface area contributed by atoms with E-state index in [0.29, 0.717) is 0 Å². The van der Waals surface area contributed by atoms with Gasteiger partial charge in [0.05, 0.1) is 5.56 Å². The van der Waals surface area contributed by atoms with Crippen molar-refractivity contribution in [1.29, 1.82) is 0 Å². The summed E-state index contributed by atoms with van der Waals surface area (Å²) in [5.41, 5.74) is -4.68. The molecule has 0 aliphatic carbocycles. The molecule has 9 heteroatoms.